The number of rotatable bonds is 2. The van der Waals surface area contributed by atoms with E-state index in [4.69, 9.17) is 7.80 Å². The van der Waals surface area contributed by atoms with E-state index in [1.807, 2.05) is 23.0 Å². The minimum Gasteiger partial charge on any atom is -0.373 e. The maximum Gasteiger partial charge on any atom is 0.109 e. The van der Waals surface area contributed by atoms with Crippen molar-refractivity contribution in [1.29, 1.82) is 0 Å². The molecule has 0 amide bonds. The molecule has 0 saturated carbocycles. The summed E-state index contributed by atoms with van der Waals surface area (Å²) in [6.45, 7) is 3.39. The number of hydrogen-bond acceptors (Lipinski definition) is 3. The van der Waals surface area contributed by atoms with E-state index in [2.05, 4.69) is 5.32 Å². The van der Waals surface area contributed by atoms with Crippen LogP contribution in [0.25, 0.3) is 0 Å². The van der Waals surface area contributed by atoms with E-state index in [-0.39, 0.29) is 6.10 Å². The van der Waals surface area contributed by atoms with Crippen molar-refractivity contribution in [3.63, 3.8) is 0 Å². The molecule has 4 heteroatoms. The van der Waals surface area contributed by atoms with Gasteiger partial charge in [0.2, 0.25) is 0 Å². The van der Waals surface area contributed by atoms with Crippen LogP contribution in [0.2, 0.25) is 0 Å². The van der Waals surface area contributed by atoms with Gasteiger partial charge in [-0.25, -0.2) is 0 Å². The van der Waals surface area contributed by atoms with Gasteiger partial charge in [-0.2, -0.15) is 0 Å². The van der Waals surface area contributed by atoms with Gasteiger partial charge < -0.3 is 13.1 Å². The van der Waals surface area contributed by atoms with Gasteiger partial charge in [0.05, 0.1) is 19.3 Å². The third-order valence-corrected chi connectivity index (χ3v) is 1.61. The number of morpholine rings is 1. The largest absolute Gasteiger partial charge is 0.373 e. The molecule has 1 rings (SSSR count). The second kappa shape index (κ2) is 4.43. The summed E-state index contributed by atoms with van der Waals surface area (Å²) in [6.07, 6.45) is 0.260. The first-order chi connectivity index (χ1) is 4.43. The van der Waals surface area contributed by atoms with Crippen molar-refractivity contribution in [2.45, 2.75) is 6.10 Å². The fourth-order valence-electron chi connectivity index (χ4n) is 0.797. The SMILES string of the molecule is IOC[C@H]1CNCCO1. The summed E-state index contributed by atoms with van der Waals surface area (Å²) in [6, 6.07) is 0. The third-order valence-electron chi connectivity index (χ3n) is 1.25. The average molecular weight is 243 g/mol. The second-order valence-electron chi connectivity index (χ2n) is 1.97. The molecule has 0 aliphatic carbocycles. The van der Waals surface area contributed by atoms with E-state index < -0.39 is 0 Å². The minimum absolute atomic E-state index is 0.260. The van der Waals surface area contributed by atoms with Crippen molar-refractivity contribution < 1.29 is 7.80 Å². The monoisotopic (exact) mass is 243 g/mol. The lowest BCUT2D eigenvalue weighted by Crippen LogP contribution is -2.40. The minimum atomic E-state index is 0.260. The number of hydrogen-bond donors (Lipinski definition) is 1. The van der Waals surface area contributed by atoms with E-state index in [9.17, 15) is 0 Å². The van der Waals surface area contributed by atoms with E-state index in [0.29, 0.717) is 6.61 Å². The topological polar surface area (TPSA) is 30.5 Å². The normalized spacial score (nSPS) is 28.3. The van der Waals surface area contributed by atoms with Gasteiger partial charge in [0.15, 0.2) is 0 Å². The number of halogens is 1. The molecule has 1 heterocycles. The van der Waals surface area contributed by atoms with E-state index in [0.717, 1.165) is 19.7 Å². The van der Waals surface area contributed by atoms with Crippen molar-refractivity contribution in [2.75, 3.05) is 26.3 Å². The summed E-state index contributed by atoms with van der Waals surface area (Å²) >= 11 is 1.88. The Morgan fingerprint density at radius 1 is 1.78 bits per heavy atom. The Balaban J connectivity index is 2.08. The van der Waals surface area contributed by atoms with Gasteiger partial charge in [0, 0.05) is 13.1 Å². The van der Waals surface area contributed by atoms with Crippen molar-refractivity contribution >= 4 is 23.0 Å². The van der Waals surface area contributed by atoms with Crippen LogP contribution in [0.15, 0.2) is 0 Å². The van der Waals surface area contributed by atoms with Crippen LogP contribution in [0.4, 0.5) is 0 Å². The molecule has 0 aromatic heterocycles. The van der Waals surface area contributed by atoms with Crippen molar-refractivity contribution in [1.82, 2.24) is 5.32 Å². The van der Waals surface area contributed by atoms with Crippen LogP contribution in [0.3, 0.4) is 0 Å². The highest BCUT2D eigenvalue weighted by molar-refractivity contribution is 14.1. The molecule has 0 unspecified atom stereocenters. The molecule has 9 heavy (non-hydrogen) atoms. The molecular weight excluding hydrogens is 233 g/mol. The van der Waals surface area contributed by atoms with Gasteiger partial charge in [0.25, 0.3) is 0 Å². The smallest absolute Gasteiger partial charge is 0.109 e. The fraction of sp³-hybridized carbons (Fsp3) is 1.00. The Morgan fingerprint density at radius 2 is 2.67 bits per heavy atom. The first kappa shape index (κ1) is 7.71. The van der Waals surface area contributed by atoms with Crippen LogP contribution < -0.4 is 5.32 Å². The molecule has 0 aromatic rings. The third kappa shape index (κ3) is 2.79. The van der Waals surface area contributed by atoms with E-state index in [1.165, 1.54) is 0 Å². The molecule has 1 fully saturated rings. The second-order valence-corrected chi connectivity index (χ2v) is 2.60. The highest BCUT2D eigenvalue weighted by atomic mass is 127. The molecule has 0 aromatic carbocycles. The maximum absolute atomic E-state index is 5.33. The Kier molecular flexibility index (Phi) is 3.80. The zero-order valence-corrected chi connectivity index (χ0v) is 7.26. The zero-order chi connectivity index (χ0) is 6.53. The first-order valence-corrected chi connectivity index (χ1v) is 3.87. The van der Waals surface area contributed by atoms with E-state index in [1.54, 1.807) is 0 Å². The van der Waals surface area contributed by atoms with Crippen molar-refractivity contribution in [3.8, 4) is 0 Å². The fourth-order valence-corrected chi connectivity index (χ4v) is 1.20. The molecule has 1 N–H and O–H groups in total. The lowest BCUT2D eigenvalue weighted by atomic mass is 10.3. The highest BCUT2D eigenvalue weighted by Gasteiger charge is 2.11. The molecule has 1 aliphatic heterocycles. The molecule has 0 spiro atoms. The van der Waals surface area contributed by atoms with Gasteiger partial charge in [0.1, 0.15) is 23.0 Å². The van der Waals surface area contributed by atoms with Gasteiger partial charge in [-0.1, -0.05) is 0 Å². The summed E-state index contributed by atoms with van der Waals surface area (Å²) in [7, 11) is 0. The van der Waals surface area contributed by atoms with Gasteiger partial charge in [-0.3, -0.25) is 0 Å². The molecule has 54 valence electrons. The van der Waals surface area contributed by atoms with Gasteiger partial charge in [-0.15, -0.1) is 0 Å². The molecule has 3 nitrogen and oxygen atoms in total. The average Bonchev–Trinajstić information content (AvgIpc) is 1.91. The van der Waals surface area contributed by atoms with Crippen LogP contribution in [-0.2, 0) is 7.80 Å². The first-order valence-electron chi connectivity index (χ1n) is 2.99. The number of nitrogens with one attached hydrogen (secondary N) is 1. The molecule has 1 atom stereocenters. The standard InChI is InChI=1S/C5H10INO2/c6-9-4-5-3-7-1-2-8-5/h5,7H,1-4H2/t5-/m1/s1. The molecule has 1 aliphatic rings. The van der Waals surface area contributed by atoms with Crippen LogP contribution in [0.1, 0.15) is 0 Å². The molecule has 0 bridgehead atoms. The van der Waals surface area contributed by atoms with Crippen molar-refractivity contribution in [2.24, 2.45) is 0 Å². The number of ether oxygens (including phenoxy) is 1. The summed E-state index contributed by atoms with van der Waals surface area (Å²) < 4.78 is 10.2. The predicted molar refractivity (Wildman–Crippen MR) is 42.6 cm³/mol. The Hall–Kier alpha value is 0.610. The lowest BCUT2D eigenvalue weighted by Gasteiger charge is -2.21. The quantitative estimate of drug-likeness (QED) is 0.709. The zero-order valence-electron chi connectivity index (χ0n) is 5.10. The maximum atomic E-state index is 5.33. The lowest BCUT2D eigenvalue weighted by molar-refractivity contribution is 0.00888. The molecule has 0 radical (unpaired) electrons. The van der Waals surface area contributed by atoms with Crippen LogP contribution in [-0.4, -0.2) is 32.4 Å². The Labute approximate surface area is 68.8 Å². The summed E-state index contributed by atoms with van der Waals surface area (Å²) in [5, 5.41) is 3.21. The summed E-state index contributed by atoms with van der Waals surface area (Å²) in [5.74, 6) is 0. The predicted octanol–water partition coefficient (Wildman–Crippen LogP) is 0.341. The van der Waals surface area contributed by atoms with Crippen LogP contribution in [0, 0.1) is 0 Å². The molecular formula is C5H10INO2. The summed E-state index contributed by atoms with van der Waals surface area (Å²) in [5.41, 5.74) is 0. The van der Waals surface area contributed by atoms with Gasteiger partial charge in [-0.05, 0) is 0 Å². The van der Waals surface area contributed by atoms with Crippen LogP contribution >= 0.6 is 23.0 Å². The van der Waals surface area contributed by atoms with Gasteiger partial charge >= 0.3 is 0 Å². The molecule has 1 saturated heterocycles. The summed E-state index contributed by atoms with van der Waals surface area (Å²) in [4.78, 5) is 0. The Bertz CT molecular complexity index is 72.6. The Morgan fingerprint density at radius 3 is 3.22 bits per heavy atom. The van der Waals surface area contributed by atoms with E-state index >= 15 is 0 Å². The van der Waals surface area contributed by atoms with Crippen LogP contribution in [0.5, 0.6) is 0 Å². The highest BCUT2D eigenvalue weighted by Crippen LogP contribution is 1.98. The van der Waals surface area contributed by atoms with Crippen molar-refractivity contribution in [3.05, 3.63) is 0 Å².